The van der Waals surface area contributed by atoms with Crippen molar-refractivity contribution in [2.24, 2.45) is 11.8 Å². The molecule has 2 atom stereocenters. The number of likely N-dealkylation sites (tertiary alicyclic amines) is 1. The van der Waals surface area contributed by atoms with E-state index in [4.69, 9.17) is 0 Å². The molecule has 1 aromatic rings. The maximum Gasteiger partial charge on any atom is 0.251 e. The largest absolute Gasteiger partial charge is 0.392 e. The molecule has 0 bridgehead atoms. The van der Waals surface area contributed by atoms with Crippen molar-refractivity contribution in [1.82, 2.24) is 10.2 Å². The molecule has 1 heterocycles. The molecular weight excluding hydrogens is 304 g/mol. The van der Waals surface area contributed by atoms with E-state index in [-0.39, 0.29) is 30.1 Å². The predicted octanol–water partition coefficient (Wildman–Crippen LogP) is 2.06. The van der Waals surface area contributed by atoms with Crippen LogP contribution in [0.1, 0.15) is 43.5 Å². The first-order valence-corrected chi connectivity index (χ1v) is 8.76. The summed E-state index contributed by atoms with van der Waals surface area (Å²) >= 11 is 0. The van der Waals surface area contributed by atoms with Crippen LogP contribution in [0.25, 0.3) is 0 Å². The molecule has 24 heavy (non-hydrogen) atoms. The molecule has 1 saturated heterocycles. The Hall–Kier alpha value is -1.88. The summed E-state index contributed by atoms with van der Waals surface area (Å²) in [5.74, 6) is 0.288. The van der Waals surface area contributed by atoms with Crippen molar-refractivity contribution in [3.63, 3.8) is 0 Å². The summed E-state index contributed by atoms with van der Waals surface area (Å²) in [6.45, 7) is 5.79. The highest BCUT2D eigenvalue weighted by Crippen LogP contribution is 2.18. The molecule has 0 aliphatic carbocycles. The summed E-state index contributed by atoms with van der Waals surface area (Å²) in [5.41, 5.74) is 0.654. The second kappa shape index (κ2) is 8.83. The van der Waals surface area contributed by atoms with Gasteiger partial charge in [0.15, 0.2) is 0 Å². The Morgan fingerprint density at radius 1 is 1.29 bits per heavy atom. The van der Waals surface area contributed by atoms with Crippen molar-refractivity contribution in [2.45, 2.75) is 39.2 Å². The van der Waals surface area contributed by atoms with Crippen LogP contribution < -0.4 is 5.32 Å². The van der Waals surface area contributed by atoms with E-state index in [9.17, 15) is 14.7 Å². The molecule has 0 spiro atoms. The maximum absolute atomic E-state index is 12.3. The quantitative estimate of drug-likeness (QED) is 0.838. The number of nitrogens with zero attached hydrogens (tertiary/aromatic N) is 1. The third-order valence-corrected chi connectivity index (χ3v) is 4.61. The smallest absolute Gasteiger partial charge is 0.251 e. The van der Waals surface area contributed by atoms with Crippen molar-refractivity contribution < 1.29 is 14.7 Å². The molecule has 2 rings (SSSR count). The summed E-state index contributed by atoms with van der Waals surface area (Å²) in [5, 5.41) is 12.9. The molecule has 1 fully saturated rings. The van der Waals surface area contributed by atoms with Crippen LogP contribution in [-0.2, 0) is 4.79 Å². The lowest BCUT2D eigenvalue weighted by Crippen LogP contribution is -2.44. The molecule has 0 radical (unpaired) electrons. The summed E-state index contributed by atoms with van der Waals surface area (Å²) in [6, 6.07) is 9.15. The van der Waals surface area contributed by atoms with E-state index in [2.05, 4.69) is 5.32 Å². The number of rotatable bonds is 6. The number of carbonyl (C=O) groups is 2. The fourth-order valence-electron chi connectivity index (χ4n) is 2.93. The van der Waals surface area contributed by atoms with E-state index in [0.29, 0.717) is 18.7 Å². The normalized spacial score (nSPS) is 19.2. The average molecular weight is 332 g/mol. The Kier molecular flexibility index (Phi) is 6.79. The molecule has 2 amide bonds. The molecule has 2 unspecified atom stereocenters. The highest BCUT2D eigenvalue weighted by molar-refractivity contribution is 5.94. The van der Waals surface area contributed by atoms with Gasteiger partial charge in [0, 0.05) is 25.2 Å². The maximum atomic E-state index is 12.3. The molecular formula is C19H28N2O3. The topological polar surface area (TPSA) is 69.6 Å². The molecule has 1 aliphatic rings. The Labute approximate surface area is 144 Å². The third kappa shape index (κ3) is 5.34. The van der Waals surface area contributed by atoms with Gasteiger partial charge in [-0.2, -0.15) is 0 Å². The van der Waals surface area contributed by atoms with Gasteiger partial charge in [-0.25, -0.2) is 0 Å². The van der Waals surface area contributed by atoms with Gasteiger partial charge in [-0.1, -0.05) is 32.0 Å². The Morgan fingerprint density at radius 2 is 2.00 bits per heavy atom. The number of aliphatic hydroxyl groups is 1. The summed E-state index contributed by atoms with van der Waals surface area (Å²) in [6.07, 6.45) is 1.54. The lowest BCUT2D eigenvalue weighted by molar-refractivity contribution is -0.135. The van der Waals surface area contributed by atoms with Crippen LogP contribution >= 0.6 is 0 Å². The zero-order valence-electron chi connectivity index (χ0n) is 14.6. The fourth-order valence-corrected chi connectivity index (χ4v) is 2.93. The minimum absolute atomic E-state index is 0.00952. The molecule has 1 aliphatic heterocycles. The van der Waals surface area contributed by atoms with E-state index in [1.807, 2.05) is 36.9 Å². The number of benzene rings is 1. The molecule has 5 nitrogen and oxygen atoms in total. The van der Waals surface area contributed by atoms with Gasteiger partial charge >= 0.3 is 0 Å². The van der Waals surface area contributed by atoms with E-state index in [1.54, 1.807) is 12.1 Å². The van der Waals surface area contributed by atoms with Crippen LogP contribution in [0, 0.1) is 11.8 Å². The number of hydrogen-bond acceptors (Lipinski definition) is 3. The minimum Gasteiger partial charge on any atom is -0.392 e. The summed E-state index contributed by atoms with van der Waals surface area (Å²) in [4.78, 5) is 26.2. The van der Waals surface area contributed by atoms with Gasteiger partial charge in [-0.3, -0.25) is 9.59 Å². The number of aliphatic hydroxyl groups excluding tert-OH is 1. The molecule has 5 heteroatoms. The van der Waals surface area contributed by atoms with Gasteiger partial charge < -0.3 is 15.3 Å². The van der Waals surface area contributed by atoms with Crippen LogP contribution in [0.2, 0.25) is 0 Å². The first-order valence-electron chi connectivity index (χ1n) is 8.76. The Morgan fingerprint density at radius 3 is 2.67 bits per heavy atom. The van der Waals surface area contributed by atoms with Crippen LogP contribution in [0.3, 0.4) is 0 Å². The molecule has 0 aromatic heterocycles. The molecule has 1 aromatic carbocycles. The number of amides is 2. The van der Waals surface area contributed by atoms with Crippen LogP contribution in [0.5, 0.6) is 0 Å². The number of carbonyl (C=O) groups excluding carboxylic acids is 2. The van der Waals surface area contributed by atoms with Gasteiger partial charge in [0.25, 0.3) is 5.91 Å². The van der Waals surface area contributed by atoms with Gasteiger partial charge in [-0.15, -0.1) is 0 Å². The van der Waals surface area contributed by atoms with Crippen molar-refractivity contribution in [3.8, 4) is 0 Å². The average Bonchev–Trinajstić information content (AvgIpc) is 2.60. The van der Waals surface area contributed by atoms with Crippen LogP contribution in [0.15, 0.2) is 30.3 Å². The van der Waals surface area contributed by atoms with Crippen LogP contribution in [0.4, 0.5) is 0 Å². The van der Waals surface area contributed by atoms with E-state index in [0.717, 1.165) is 19.4 Å². The van der Waals surface area contributed by atoms with Gasteiger partial charge in [0.2, 0.25) is 5.91 Å². The van der Waals surface area contributed by atoms with Gasteiger partial charge in [-0.05, 0) is 36.8 Å². The van der Waals surface area contributed by atoms with E-state index < -0.39 is 6.10 Å². The van der Waals surface area contributed by atoms with E-state index in [1.165, 1.54) is 0 Å². The number of nitrogens with one attached hydrogen (secondary N) is 1. The number of hydrogen-bond donors (Lipinski definition) is 2. The van der Waals surface area contributed by atoms with Crippen molar-refractivity contribution >= 4 is 11.8 Å². The lowest BCUT2D eigenvalue weighted by Gasteiger charge is -2.33. The third-order valence-electron chi connectivity index (χ3n) is 4.61. The van der Waals surface area contributed by atoms with Crippen LogP contribution in [-0.4, -0.2) is 47.6 Å². The number of piperidine rings is 1. The first kappa shape index (κ1) is 18.5. The first-order chi connectivity index (χ1) is 11.5. The summed E-state index contributed by atoms with van der Waals surface area (Å²) in [7, 11) is 0. The standard InChI is InChI=1S/C19H28N2O3/c1-14(2)17(22)11-18(23)21-10-6-7-15(13-21)12-20-19(24)16-8-4-3-5-9-16/h3-5,8-9,14-15,17,22H,6-7,10-13H2,1-2H3,(H,20,24). The minimum atomic E-state index is -0.587. The highest BCUT2D eigenvalue weighted by Gasteiger charge is 2.26. The highest BCUT2D eigenvalue weighted by atomic mass is 16.3. The van der Waals surface area contributed by atoms with Gasteiger partial charge in [0.05, 0.1) is 12.5 Å². The zero-order chi connectivity index (χ0) is 17.5. The molecule has 2 N–H and O–H groups in total. The SMILES string of the molecule is CC(C)C(O)CC(=O)N1CCCC(CNC(=O)c2ccccc2)C1. The lowest BCUT2D eigenvalue weighted by atomic mass is 9.96. The second-order valence-corrected chi connectivity index (χ2v) is 6.94. The van der Waals surface area contributed by atoms with E-state index >= 15 is 0 Å². The summed E-state index contributed by atoms with van der Waals surface area (Å²) < 4.78 is 0. The van der Waals surface area contributed by atoms with Crippen molar-refractivity contribution in [2.75, 3.05) is 19.6 Å². The second-order valence-electron chi connectivity index (χ2n) is 6.94. The van der Waals surface area contributed by atoms with Crippen molar-refractivity contribution in [1.29, 1.82) is 0 Å². The zero-order valence-corrected chi connectivity index (χ0v) is 14.6. The van der Waals surface area contributed by atoms with Crippen molar-refractivity contribution in [3.05, 3.63) is 35.9 Å². The molecule has 0 saturated carbocycles. The predicted molar refractivity (Wildman–Crippen MR) is 93.5 cm³/mol. The Balaban J connectivity index is 1.80. The fraction of sp³-hybridized carbons (Fsp3) is 0.579. The monoisotopic (exact) mass is 332 g/mol. The Bertz CT molecular complexity index is 545. The van der Waals surface area contributed by atoms with Gasteiger partial charge in [0.1, 0.15) is 0 Å². The molecule has 132 valence electrons.